The summed E-state index contributed by atoms with van der Waals surface area (Å²) in [6.45, 7) is 0.886. The van der Waals surface area contributed by atoms with Crippen molar-refractivity contribution in [2.45, 2.75) is 30.2 Å². The maximum absolute atomic E-state index is 12.7. The van der Waals surface area contributed by atoms with E-state index in [-0.39, 0.29) is 23.3 Å². The van der Waals surface area contributed by atoms with Crippen LogP contribution >= 0.6 is 12.4 Å². The molecule has 20 heavy (non-hydrogen) atoms. The van der Waals surface area contributed by atoms with Crippen LogP contribution in [0, 0.1) is 0 Å². The van der Waals surface area contributed by atoms with Gasteiger partial charge in [-0.15, -0.1) is 12.4 Å². The molecule has 1 saturated heterocycles. The summed E-state index contributed by atoms with van der Waals surface area (Å²) in [5.74, 6) is 0.379. The molecule has 1 aliphatic rings. The van der Waals surface area contributed by atoms with Crippen LogP contribution in [0.25, 0.3) is 0 Å². The summed E-state index contributed by atoms with van der Waals surface area (Å²) in [4.78, 5) is 0.220. The normalized spacial score (nSPS) is 20.2. The number of hydrogen-bond acceptors (Lipinski definition) is 4. The summed E-state index contributed by atoms with van der Waals surface area (Å²) in [6.07, 6.45) is 2.73. The van der Waals surface area contributed by atoms with Gasteiger partial charge in [0.15, 0.2) is 0 Å². The van der Waals surface area contributed by atoms with Crippen LogP contribution in [0.4, 0.5) is 0 Å². The first-order chi connectivity index (χ1) is 9.11. The van der Waals surface area contributed by atoms with Crippen molar-refractivity contribution >= 4 is 22.4 Å². The third-order valence-corrected chi connectivity index (χ3v) is 5.49. The minimum atomic E-state index is -3.54. The molecule has 0 spiro atoms. The van der Waals surface area contributed by atoms with Crippen LogP contribution in [-0.4, -0.2) is 39.0 Å². The second-order valence-corrected chi connectivity index (χ2v) is 6.51. The Morgan fingerprint density at radius 1 is 1.35 bits per heavy atom. The molecule has 1 aliphatic heterocycles. The Hall–Kier alpha value is -0.820. The van der Waals surface area contributed by atoms with Gasteiger partial charge in [-0.25, -0.2) is 8.42 Å². The van der Waals surface area contributed by atoms with E-state index in [1.807, 2.05) is 0 Å². The van der Waals surface area contributed by atoms with Gasteiger partial charge in [-0.3, -0.25) is 0 Å². The van der Waals surface area contributed by atoms with Crippen LogP contribution in [-0.2, 0) is 10.0 Å². The molecule has 2 rings (SSSR count). The van der Waals surface area contributed by atoms with E-state index >= 15 is 0 Å². The van der Waals surface area contributed by atoms with Gasteiger partial charge >= 0.3 is 0 Å². The predicted octanol–water partition coefficient (Wildman–Crippen LogP) is 1.62. The van der Waals surface area contributed by atoms with E-state index in [4.69, 9.17) is 10.5 Å². The minimum absolute atomic E-state index is 0. The van der Waals surface area contributed by atoms with Crippen molar-refractivity contribution in [3.8, 4) is 5.75 Å². The number of nitrogens with zero attached hydrogens (tertiary/aromatic N) is 1. The lowest BCUT2D eigenvalue weighted by Gasteiger charge is -2.34. The van der Waals surface area contributed by atoms with Crippen molar-refractivity contribution < 1.29 is 13.2 Å². The maximum atomic E-state index is 12.7. The van der Waals surface area contributed by atoms with E-state index in [1.165, 1.54) is 11.4 Å². The second-order valence-electron chi connectivity index (χ2n) is 4.65. The van der Waals surface area contributed by atoms with Gasteiger partial charge in [0.25, 0.3) is 0 Å². The molecule has 0 bridgehead atoms. The highest BCUT2D eigenvalue weighted by Crippen LogP contribution is 2.30. The highest BCUT2D eigenvalue weighted by atomic mass is 35.5. The fourth-order valence-corrected chi connectivity index (χ4v) is 4.35. The lowest BCUT2D eigenvalue weighted by Crippen LogP contribution is -2.47. The van der Waals surface area contributed by atoms with E-state index < -0.39 is 10.0 Å². The molecule has 0 radical (unpaired) electrons. The quantitative estimate of drug-likeness (QED) is 0.915. The van der Waals surface area contributed by atoms with Crippen LogP contribution in [0.3, 0.4) is 0 Å². The van der Waals surface area contributed by atoms with Crippen molar-refractivity contribution in [1.29, 1.82) is 0 Å². The van der Waals surface area contributed by atoms with Crippen LogP contribution in [0.15, 0.2) is 29.2 Å². The summed E-state index contributed by atoms with van der Waals surface area (Å²) in [7, 11) is -2.06. The van der Waals surface area contributed by atoms with Crippen molar-refractivity contribution in [2.24, 2.45) is 5.73 Å². The first kappa shape index (κ1) is 17.2. The Kier molecular flexibility index (Phi) is 6.26. The molecule has 2 N–H and O–H groups in total. The average Bonchev–Trinajstić information content (AvgIpc) is 2.47. The number of nitrogens with two attached hydrogens (primary N) is 1. The van der Waals surface area contributed by atoms with Gasteiger partial charge in [-0.05, 0) is 25.0 Å². The Balaban J connectivity index is 0.00000200. The number of halogens is 1. The maximum Gasteiger partial charge on any atom is 0.247 e. The fourth-order valence-electron chi connectivity index (χ4n) is 2.48. The fraction of sp³-hybridized carbons (Fsp3) is 0.538. The largest absolute Gasteiger partial charge is 0.495 e. The van der Waals surface area contributed by atoms with Gasteiger partial charge in [0.05, 0.1) is 7.11 Å². The first-order valence-corrected chi connectivity index (χ1v) is 7.90. The number of benzene rings is 1. The summed E-state index contributed by atoms with van der Waals surface area (Å²) in [5, 5.41) is 0. The molecule has 114 valence electrons. The highest BCUT2D eigenvalue weighted by molar-refractivity contribution is 7.89. The van der Waals surface area contributed by atoms with Crippen molar-refractivity contribution in [3.63, 3.8) is 0 Å². The number of ether oxygens (including phenoxy) is 1. The zero-order valence-corrected chi connectivity index (χ0v) is 13.1. The topological polar surface area (TPSA) is 72.6 Å². The lowest BCUT2D eigenvalue weighted by molar-refractivity contribution is 0.256. The SMILES string of the molecule is COc1ccccc1S(=O)(=O)N1CCCCC1CN.Cl. The molecule has 1 aromatic rings. The van der Waals surface area contributed by atoms with Gasteiger partial charge in [0, 0.05) is 19.1 Å². The minimum Gasteiger partial charge on any atom is -0.495 e. The van der Waals surface area contributed by atoms with Gasteiger partial charge < -0.3 is 10.5 Å². The van der Waals surface area contributed by atoms with E-state index in [0.29, 0.717) is 18.8 Å². The van der Waals surface area contributed by atoms with Crippen LogP contribution in [0.2, 0.25) is 0 Å². The molecule has 0 aliphatic carbocycles. The molecule has 1 fully saturated rings. The standard InChI is InChI=1S/C13H20N2O3S.ClH/c1-18-12-7-2-3-8-13(12)19(16,17)15-9-5-4-6-11(15)10-14;/h2-3,7-8,11H,4-6,9-10,14H2,1H3;1H. The van der Waals surface area contributed by atoms with Gasteiger partial charge in [-0.1, -0.05) is 18.6 Å². The number of hydrogen-bond donors (Lipinski definition) is 1. The van der Waals surface area contributed by atoms with Crippen molar-refractivity contribution in [2.75, 3.05) is 20.2 Å². The third-order valence-electron chi connectivity index (χ3n) is 3.50. The molecule has 7 heteroatoms. The van der Waals surface area contributed by atoms with Gasteiger partial charge in [0.2, 0.25) is 10.0 Å². The van der Waals surface area contributed by atoms with Gasteiger partial charge in [-0.2, -0.15) is 4.31 Å². The summed E-state index contributed by atoms with van der Waals surface area (Å²) in [5.41, 5.74) is 5.70. The monoisotopic (exact) mass is 320 g/mol. The Morgan fingerprint density at radius 3 is 2.70 bits per heavy atom. The molecule has 1 unspecified atom stereocenters. The van der Waals surface area contributed by atoms with Crippen LogP contribution < -0.4 is 10.5 Å². The zero-order valence-electron chi connectivity index (χ0n) is 11.5. The molecular weight excluding hydrogens is 300 g/mol. The zero-order chi connectivity index (χ0) is 13.9. The molecule has 0 amide bonds. The Labute approximate surface area is 126 Å². The second kappa shape index (κ2) is 7.26. The van der Waals surface area contributed by atoms with Crippen LogP contribution in [0.5, 0.6) is 5.75 Å². The molecule has 1 atom stereocenters. The molecule has 1 heterocycles. The lowest BCUT2D eigenvalue weighted by atomic mass is 10.1. The summed E-state index contributed by atoms with van der Waals surface area (Å²) >= 11 is 0. The molecule has 1 aromatic carbocycles. The highest BCUT2D eigenvalue weighted by Gasteiger charge is 2.34. The number of sulfonamides is 1. The molecule has 0 aromatic heterocycles. The smallest absolute Gasteiger partial charge is 0.247 e. The molecular formula is C13H21ClN2O3S. The first-order valence-electron chi connectivity index (χ1n) is 6.46. The summed E-state index contributed by atoms with van der Waals surface area (Å²) in [6, 6.07) is 6.60. The Bertz CT molecular complexity index is 536. The van der Waals surface area contributed by atoms with E-state index in [9.17, 15) is 8.42 Å². The van der Waals surface area contributed by atoms with E-state index in [0.717, 1.165) is 19.3 Å². The number of rotatable bonds is 4. The number of piperidine rings is 1. The number of methoxy groups -OCH3 is 1. The molecule has 5 nitrogen and oxygen atoms in total. The van der Waals surface area contributed by atoms with Crippen LogP contribution in [0.1, 0.15) is 19.3 Å². The average molecular weight is 321 g/mol. The predicted molar refractivity (Wildman–Crippen MR) is 80.8 cm³/mol. The number of para-hydroxylation sites is 1. The Morgan fingerprint density at radius 2 is 2.05 bits per heavy atom. The summed E-state index contributed by atoms with van der Waals surface area (Å²) < 4.78 is 32.1. The third kappa shape index (κ3) is 3.25. The van der Waals surface area contributed by atoms with Crippen molar-refractivity contribution in [3.05, 3.63) is 24.3 Å². The van der Waals surface area contributed by atoms with E-state index in [1.54, 1.807) is 24.3 Å². The molecule has 0 saturated carbocycles. The van der Waals surface area contributed by atoms with Crippen molar-refractivity contribution in [1.82, 2.24) is 4.31 Å². The van der Waals surface area contributed by atoms with Gasteiger partial charge in [0.1, 0.15) is 10.6 Å². The van der Waals surface area contributed by atoms with E-state index in [2.05, 4.69) is 0 Å².